The van der Waals surface area contributed by atoms with Crippen molar-refractivity contribution in [2.45, 2.75) is 89.3 Å². The van der Waals surface area contributed by atoms with E-state index >= 15 is 0 Å². The minimum atomic E-state index is -2.92. The predicted octanol–water partition coefficient (Wildman–Crippen LogP) is 3.51. The SMILES string of the molecule is CCOC(=O)CCC1(CO[Si](c2ccccc2)(c2ccccc2)C(C)(C)C)OC2OC(C)(C)OC2C1O. The summed E-state index contributed by atoms with van der Waals surface area (Å²) in [6.45, 7) is 12.3. The molecule has 2 aromatic carbocycles. The Morgan fingerprint density at radius 3 is 2.03 bits per heavy atom. The lowest BCUT2D eigenvalue weighted by molar-refractivity contribution is -0.246. The molecule has 0 saturated carbocycles. The van der Waals surface area contributed by atoms with Gasteiger partial charge in [-0.15, -0.1) is 0 Å². The summed E-state index contributed by atoms with van der Waals surface area (Å²) >= 11 is 0. The third-order valence-electron chi connectivity index (χ3n) is 7.30. The molecule has 2 saturated heterocycles. The van der Waals surface area contributed by atoms with Crippen LogP contribution < -0.4 is 10.4 Å². The van der Waals surface area contributed by atoms with Gasteiger partial charge < -0.3 is 28.5 Å². The fourth-order valence-corrected chi connectivity index (χ4v) is 10.2. The fourth-order valence-electron chi connectivity index (χ4n) is 5.60. The van der Waals surface area contributed by atoms with Gasteiger partial charge in [0.2, 0.25) is 0 Å². The summed E-state index contributed by atoms with van der Waals surface area (Å²) in [7, 11) is -2.92. The smallest absolute Gasteiger partial charge is 0.305 e. The number of carbonyl (C=O) groups excluding carboxylic acids is 1. The van der Waals surface area contributed by atoms with E-state index < -0.39 is 38.2 Å². The first-order chi connectivity index (χ1) is 17.4. The van der Waals surface area contributed by atoms with Crippen molar-refractivity contribution in [2.75, 3.05) is 13.2 Å². The minimum absolute atomic E-state index is 0.0704. The Morgan fingerprint density at radius 1 is 0.973 bits per heavy atom. The van der Waals surface area contributed by atoms with Crippen LogP contribution in [0.3, 0.4) is 0 Å². The molecule has 0 bridgehead atoms. The number of ether oxygens (including phenoxy) is 4. The minimum Gasteiger partial charge on any atom is -0.466 e. The highest BCUT2D eigenvalue weighted by Crippen LogP contribution is 2.46. The van der Waals surface area contributed by atoms with Crippen LogP contribution in [-0.4, -0.2) is 62.5 Å². The van der Waals surface area contributed by atoms with E-state index in [-0.39, 0.29) is 30.5 Å². The molecule has 0 spiro atoms. The molecule has 2 fully saturated rings. The van der Waals surface area contributed by atoms with E-state index in [4.69, 9.17) is 23.4 Å². The van der Waals surface area contributed by atoms with Crippen molar-refractivity contribution in [1.82, 2.24) is 0 Å². The molecule has 37 heavy (non-hydrogen) atoms. The summed E-state index contributed by atoms with van der Waals surface area (Å²) in [5.74, 6) is -1.22. The van der Waals surface area contributed by atoms with Crippen LogP contribution in [0.15, 0.2) is 60.7 Å². The first-order valence-electron chi connectivity index (χ1n) is 13.1. The van der Waals surface area contributed by atoms with E-state index in [0.29, 0.717) is 6.61 Å². The summed E-state index contributed by atoms with van der Waals surface area (Å²) in [5.41, 5.74) is -1.20. The molecular formula is C29H40O7Si. The number of rotatable bonds is 9. The third-order valence-corrected chi connectivity index (χ3v) is 12.3. The van der Waals surface area contributed by atoms with Crippen molar-refractivity contribution in [3.63, 3.8) is 0 Å². The number of carbonyl (C=O) groups is 1. The Kier molecular flexibility index (Phi) is 8.00. The van der Waals surface area contributed by atoms with Gasteiger partial charge in [0.05, 0.1) is 13.2 Å². The molecule has 7 nitrogen and oxygen atoms in total. The number of aliphatic hydroxyl groups excluding tert-OH is 1. The number of hydrogen-bond donors (Lipinski definition) is 1. The summed E-state index contributed by atoms with van der Waals surface area (Å²) in [4.78, 5) is 12.3. The Morgan fingerprint density at radius 2 is 1.54 bits per heavy atom. The maximum absolute atomic E-state index is 12.3. The summed E-state index contributed by atoms with van der Waals surface area (Å²) in [6, 6.07) is 20.6. The largest absolute Gasteiger partial charge is 0.466 e. The van der Waals surface area contributed by atoms with E-state index in [0.717, 1.165) is 10.4 Å². The second kappa shape index (κ2) is 10.6. The molecule has 8 heteroatoms. The van der Waals surface area contributed by atoms with Gasteiger partial charge >= 0.3 is 5.97 Å². The Labute approximate surface area is 221 Å². The standard InChI is InChI=1S/C29H40O7Si/c1-7-32-23(30)18-19-29(25(31)24-26(36-29)35-28(5,6)34-24)20-33-37(27(2,3)4,21-14-10-8-11-15-21)22-16-12-9-13-17-22/h8-17,24-26,31H,7,18-20H2,1-6H3. The molecule has 2 heterocycles. The second-order valence-electron chi connectivity index (χ2n) is 11.4. The highest BCUT2D eigenvalue weighted by molar-refractivity contribution is 6.99. The van der Waals surface area contributed by atoms with Crippen LogP contribution in [0.5, 0.6) is 0 Å². The molecule has 0 amide bonds. The fraction of sp³-hybridized carbons (Fsp3) is 0.552. The molecule has 4 rings (SSSR count). The Hall–Kier alpha value is -2.07. The predicted molar refractivity (Wildman–Crippen MR) is 143 cm³/mol. The molecule has 0 aromatic heterocycles. The maximum atomic E-state index is 12.3. The van der Waals surface area contributed by atoms with Crippen molar-refractivity contribution < 1.29 is 33.3 Å². The van der Waals surface area contributed by atoms with Gasteiger partial charge in [0.1, 0.15) is 17.8 Å². The van der Waals surface area contributed by atoms with Gasteiger partial charge in [0.25, 0.3) is 8.32 Å². The lowest BCUT2D eigenvalue weighted by Gasteiger charge is -2.45. The molecule has 2 aromatic rings. The Balaban J connectivity index is 1.73. The third kappa shape index (κ3) is 5.41. The van der Waals surface area contributed by atoms with E-state index in [2.05, 4.69) is 45.0 Å². The van der Waals surface area contributed by atoms with Crippen LogP contribution in [0.2, 0.25) is 5.04 Å². The van der Waals surface area contributed by atoms with E-state index in [1.54, 1.807) is 20.8 Å². The number of aliphatic hydroxyl groups is 1. The first kappa shape index (κ1) is 27.9. The molecule has 0 aliphatic carbocycles. The number of fused-ring (bicyclic) bond motifs is 1. The zero-order valence-electron chi connectivity index (χ0n) is 22.7. The summed E-state index contributed by atoms with van der Waals surface area (Å²) in [6.07, 6.45) is -2.19. The van der Waals surface area contributed by atoms with Crippen molar-refractivity contribution in [3.8, 4) is 0 Å². The van der Waals surface area contributed by atoms with Gasteiger partial charge in [0.15, 0.2) is 12.1 Å². The van der Waals surface area contributed by atoms with Gasteiger partial charge in [-0.3, -0.25) is 4.79 Å². The quantitative estimate of drug-likeness (QED) is 0.394. The maximum Gasteiger partial charge on any atom is 0.305 e. The van der Waals surface area contributed by atoms with Gasteiger partial charge in [-0.05, 0) is 42.6 Å². The topological polar surface area (TPSA) is 83.5 Å². The zero-order valence-corrected chi connectivity index (χ0v) is 23.7. The van der Waals surface area contributed by atoms with Crippen molar-refractivity contribution in [2.24, 2.45) is 0 Å². The molecule has 4 unspecified atom stereocenters. The van der Waals surface area contributed by atoms with Crippen LogP contribution in [-0.2, 0) is 28.2 Å². The number of esters is 1. The Bertz CT molecular complexity index is 1010. The molecule has 202 valence electrons. The van der Waals surface area contributed by atoms with Crippen molar-refractivity contribution in [1.29, 1.82) is 0 Å². The van der Waals surface area contributed by atoms with Crippen molar-refractivity contribution in [3.05, 3.63) is 60.7 Å². The molecule has 1 N–H and O–H groups in total. The van der Waals surface area contributed by atoms with E-state index in [9.17, 15) is 9.90 Å². The van der Waals surface area contributed by atoms with E-state index in [1.165, 1.54) is 0 Å². The van der Waals surface area contributed by atoms with Crippen molar-refractivity contribution >= 4 is 24.7 Å². The highest BCUT2D eigenvalue weighted by Gasteiger charge is 2.62. The molecule has 4 atom stereocenters. The lowest BCUT2D eigenvalue weighted by atomic mass is 9.91. The highest BCUT2D eigenvalue weighted by atomic mass is 28.4. The molecular weight excluding hydrogens is 488 g/mol. The first-order valence-corrected chi connectivity index (χ1v) is 15.0. The number of hydrogen-bond acceptors (Lipinski definition) is 7. The molecule has 2 aliphatic rings. The van der Waals surface area contributed by atoms with Crippen LogP contribution >= 0.6 is 0 Å². The molecule has 2 aliphatic heterocycles. The van der Waals surface area contributed by atoms with Gasteiger partial charge in [-0.1, -0.05) is 81.4 Å². The van der Waals surface area contributed by atoms with Crippen LogP contribution in [0.1, 0.15) is 54.4 Å². The summed E-state index contributed by atoms with van der Waals surface area (Å²) in [5, 5.41) is 13.6. The van der Waals surface area contributed by atoms with Gasteiger partial charge in [-0.25, -0.2) is 0 Å². The van der Waals surface area contributed by atoms with Gasteiger partial charge in [0, 0.05) is 6.42 Å². The van der Waals surface area contributed by atoms with Crippen LogP contribution in [0, 0.1) is 0 Å². The summed E-state index contributed by atoms with van der Waals surface area (Å²) < 4.78 is 30.7. The lowest BCUT2D eigenvalue weighted by Crippen LogP contribution is -2.68. The molecule has 0 radical (unpaired) electrons. The van der Waals surface area contributed by atoms with Crippen LogP contribution in [0.25, 0.3) is 0 Å². The monoisotopic (exact) mass is 528 g/mol. The average Bonchev–Trinajstić information content (AvgIpc) is 3.28. The number of benzene rings is 2. The average molecular weight is 529 g/mol. The normalized spacial score (nSPS) is 27.2. The second-order valence-corrected chi connectivity index (χ2v) is 15.7. The zero-order chi connectivity index (χ0) is 26.9. The van der Waals surface area contributed by atoms with E-state index in [1.807, 2.05) is 36.4 Å². The van der Waals surface area contributed by atoms with Gasteiger partial charge in [-0.2, -0.15) is 0 Å². The van der Waals surface area contributed by atoms with Crippen LogP contribution in [0.4, 0.5) is 0 Å².